The van der Waals surface area contributed by atoms with Crippen molar-refractivity contribution in [3.63, 3.8) is 0 Å². The largest absolute Gasteiger partial charge is 0.349 e. The molecular weight excluding hydrogens is 462 g/mol. The number of amides is 2. The normalized spacial score (nSPS) is 19.9. The van der Waals surface area contributed by atoms with Gasteiger partial charge >= 0.3 is 0 Å². The van der Waals surface area contributed by atoms with E-state index < -0.39 is 0 Å². The minimum absolute atomic E-state index is 0.0362. The van der Waals surface area contributed by atoms with Gasteiger partial charge in [-0.25, -0.2) is 0 Å². The van der Waals surface area contributed by atoms with Crippen LogP contribution in [0.1, 0.15) is 22.5 Å². The molecule has 1 aromatic carbocycles. The van der Waals surface area contributed by atoms with Crippen molar-refractivity contribution in [2.24, 2.45) is 5.92 Å². The first kappa shape index (κ1) is 23.6. The zero-order chi connectivity index (χ0) is 25.5. The number of rotatable bonds is 4. The Bertz CT molecular complexity index is 1440. The van der Waals surface area contributed by atoms with Gasteiger partial charge in [0.25, 0.3) is 5.91 Å². The number of aromatic nitrogens is 2. The molecule has 0 aliphatic carbocycles. The summed E-state index contributed by atoms with van der Waals surface area (Å²) in [6.07, 6.45) is 5.02. The van der Waals surface area contributed by atoms with Gasteiger partial charge in [-0.2, -0.15) is 0 Å². The van der Waals surface area contributed by atoms with E-state index in [1.165, 1.54) is 0 Å². The molecule has 0 N–H and O–H groups in total. The highest BCUT2D eigenvalue weighted by Gasteiger charge is 2.36. The predicted octanol–water partition coefficient (Wildman–Crippen LogP) is 3.84. The van der Waals surface area contributed by atoms with Crippen LogP contribution in [0.25, 0.3) is 16.8 Å². The van der Waals surface area contributed by atoms with Crippen LogP contribution >= 0.6 is 0 Å². The Morgan fingerprint density at radius 2 is 1.68 bits per heavy atom. The maximum Gasteiger partial charge on any atom is 0.256 e. The summed E-state index contributed by atoms with van der Waals surface area (Å²) in [6, 6.07) is 22.5. The number of fused-ring (bicyclic) bond motifs is 2. The Kier molecular flexibility index (Phi) is 6.08. The number of benzene rings is 1. The first-order valence-electron chi connectivity index (χ1n) is 13.0. The van der Waals surface area contributed by atoms with Crippen LogP contribution in [0.4, 0.5) is 0 Å². The lowest BCUT2D eigenvalue weighted by atomic mass is 10.1. The van der Waals surface area contributed by atoms with Crippen LogP contribution < -0.4 is 0 Å². The lowest BCUT2D eigenvalue weighted by Crippen LogP contribution is -2.43. The molecule has 190 valence electrons. The molecular formula is C30H33N5O2. The second-order valence-electron chi connectivity index (χ2n) is 10.5. The number of carbonyl (C=O) groups is 2. The number of pyridine rings is 1. The van der Waals surface area contributed by atoms with Gasteiger partial charge in [0.2, 0.25) is 5.91 Å². The van der Waals surface area contributed by atoms with Gasteiger partial charge in [-0.05, 0) is 56.4 Å². The molecule has 3 aromatic heterocycles. The summed E-state index contributed by atoms with van der Waals surface area (Å²) in [4.78, 5) is 33.9. The third kappa shape index (κ3) is 4.33. The number of likely N-dealkylation sites (tertiary alicyclic amines) is 1. The van der Waals surface area contributed by atoms with E-state index in [4.69, 9.17) is 0 Å². The summed E-state index contributed by atoms with van der Waals surface area (Å²) in [6.45, 7) is 3.02. The van der Waals surface area contributed by atoms with Crippen molar-refractivity contribution in [1.82, 2.24) is 23.7 Å². The van der Waals surface area contributed by atoms with E-state index in [0.717, 1.165) is 42.0 Å². The van der Waals surface area contributed by atoms with Gasteiger partial charge in [0, 0.05) is 50.3 Å². The molecule has 1 fully saturated rings. The standard InChI is InChI=1S/C30H33N5O2/c1-31(2)24-13-16-33(20-24)29(36)23-18-32-14-8-11-25(32)21-34(19-23)30(37)26-17-28(22-9-4-3-5-10-22)35-15-7-6-12-27(26)35/h3-12,14-15,17,23-24H,13,16,18-21H2,1-2H3/t23?,24-/m1/s1. The van der Waals surface area contributed by atoms with Gasteiger partial charge in [0.1, 0.15) is 0 Å². The van der Waals surface area contributed by atoms with E-state index in [2.05, 4.69) is 46.2 Å². The van der Waals surface area contributed by atoms with Crippen LogP contribution in [0.5, 0.6) is 0 Å². The molecule has 7 nitrogen and oxygen atoms in total. The average molecular weight is 496 g/mol. The molecule has 5 heterocycles. The minimum Gasteiger partial charge on any atom is -0.349 e. The van der Waals surface area contributed by atoms with Crippen molar-refractivity contribution in [2.75, 3.05) is 33.7 Å². The maximum atomic E-state index is 14.1. The fourth-order valence-corrected chi connectivity index (χ4v) is 5.85. The van der Waals surface area contributed by atoms with Gasteiger partial charge in [0.05, 0.1) is 29.2 Å². The van der Waals surface area contributed by atoms with E-state index >= 15 is 0 Å². The molecule has 2 amide bonds. The van der Waals surface area contributed by atoms with E-state index in [9.17, 15) is 9.59 Å². The average Bonchev–Trinajstić information content (AvgIpc) is 3.64. The highest BCUT2D eigenvalue weighted by atomic mass is 16.2. The molecule has 0 saturated carbocycles. The van der Waals surface area contributed by atoms with Crippen molar-refractivity contribution < 1.29 is 9.59 Å². The van der Waals surface area contributed by atoms with E-state index in [-0.39, 0.29) is 17.7 Å². The fourth-order valence-electron chi connectivity index (χ4n) is 5.85. The monoisotopic (exact) mass is 495 g/mol. The Hall–Kier alpha value is -3.84. The second-order valence-corrected chi connectivity index (χ2v) is 10.5. The van der Waals surface area contributed by atoms with Crippen LogP contribution in [0.3, 0.4) is 0 Å². The van der Waals surface area contributed by atoms with Crippen LogP contribution in [-0.2, 0) is 17.9 Å². The summed E-state index contributed by atoms with van der Waals surface area (Å²) < 4.78 is 4.22. The van der Waals surface area contributed by atoms with E-state index in [1.807, 2.05) is 70.7 Å². The minimum atomic E-state index is -0.277. The molecule has 0 bridgehead atoms. The molecule has 37 heavy (non-hydrogen) atoms. The lowest BCUT2D eigenvalue weighted by molar-refractivity contribution is -0.135. The van der Waals surface area contributed by atoms with Gasteiger partial charge in [-0.15, -0.1) is 0 Å². The van der Waals surface area contributed by atoms with E-state index in [1.54, 1.807) is 0 Å². The molecule has 1 saturated heterocycles. The summed E-state index contributed by atoms with van der Waals surface area (Å²) in [5.41, 5.74) is 4.65. The van der Waals surface area contributed by atoms with Crippen molar-refractivity contribution in [3.05, 3.63) is 90.4 Å². The lowest BCUT2D eigenvalue weighted by Gasteiger charge is -2.27. The van der Waals surface area contributed by atoms with Gasteiger partial charge in [-0.3, -0.25) is 9.59 Å². The Balaban J connectivity index is 1.33. The summed E-state index contributed by atoms with van der Waals surface area (Å²) in [5.74, 6) is -0.165. The van der Waals surface area contributed by atoms with Crippen LogP contribution in [-0.4, -0.2) is 75.3 Å². The van der Waals surface area contributed by atoms with Gasteiger partial charge in [-0.1, -0.05) is 36.4 Å². The van der Waals surface area contributed by atoms with Crippen LogP contribution in [0, 0.1) is 5.92 Å². The molecule has 0 spiro atoms. The molecule has 2 aliphatic heterocycles. The number of likely N-dealkylation sites (N-methyl/N-ethyl adjacent to an activating group) is 1. The van der Waals surface area contributed by atoms with Crippen LogP contribution in [0.15, 0.2) is 79.1 Å². The molecule has 7 heteroatoms. The van der Waals surface area contributed by atoms with E-state index in [0.29, 0.717) is 31.2 Å². The molecule has 4 aromatic rings. The second kappa shape index (κ2) is 9.56. The van der Waals surface area contributed by atoms with Crippen molar-refractivity contribution in [2.45, 2.75) is 25.6 Å². The Morgan fingerprint density at radius 1 is 0.865 bits per heavy atom. The maximum absolute atomic E-state index is 14.1. The Labute approximate surface area is 217 Å². The molecule has 0 radical (unpaired) electrons. The highest BCUT2D eigenvalue weighted by Crippen LogP contribution is 2.29. The molecule has 2 aliphatic rings. The van der Waals surface area contributed by atoms with Gasteiger partial charge < -0.3 is 23.7 Å². The smallest absolute Gasteiger partial charge is 0.256 e. The summed E-state index contributed by atoms with van der Waals surface area (Å²) >= 11 is 0. The van der Waals surface area contributed by atoms with Crippen molar-refractivity contribution >= 4 is 17.3 Å². The topological polar surface area (TPSA) is 53.2 Å². The first-order chi connectivity index (χ1) is 18.0. The highest BCUT2D eigenvalue weighted by molar-refractivity contribution is 6.03. The quantitative estimate of drug-likeness (QED) is 0.432. The molecule has 6 rings (SSSR count). The third-order valence-electron chi connectivity index (χ3n) is 7.95. The summed E-state index contributed by atoms with van der Waals surface area (Å²) in [5, 5.41) is 0. The Morgan fingerprint density at radius 3 is 2.46 bits per heavy atom. The number of carbonyl (C=O) groups excluding carboxylic acids is 2. The number of hydrogen-bond donors (Lipinski definition) is 0. The zero-order valence-corrected chi connectivity index (χ0v) is 21.5. The van der Waals surface area contributed by atoms with Crippen LogP contribution in [0.2, 0.25) is 0 Å². The van der Waals surface area contributed by atoms with Crippen molar-refractivity contribution in [3.8, 4) is 11.3 Å². The van der Waals surface area contributed by atoms with Gasteiger partial charge in [0.15, 0.2) is 0 Å². The van der Waals surface area contributed by atoms with Crippen molar-refractivity contribution in [1.29, 1.82) is 0 Å². The molecule has 1 unspecified atom stereocenters. The SMILES string of the molecule is CN(C)[C@@H]1CCN(C(=O)C2CN(C(=O)c3cc(-c4ccccc4)n4ccccc34)Cc3cccn3C2)C1. The third-order valence-corrected chi connectivity index (χ3v) is 7.95. The zero-order valence-electron chi connectivity index (χ0n) is 21.5. The fraction of sp³-hybridized carbons (Fsp3) is 0.333. The first-order valence-corrected chi connectivity index (χ1v) is 13.0. The summed E-state index contributed by atoms with van der Waals surface area (Å²) in [7, 11) is 4.14. The number of nitrogens with zero attached hydrogens (tertiary/aromatic N) is 5. The predicted molar refractivity (Wildman–Crippen MR) is 144 cm³/mol. The molecule has 2 atom stereocenters. The number of hydrogen-bond acceptors (Lipinski definition) is 3.